The van der Waals surface area contributed by atoms with E-state index in [1.165, 1.54) is 38.0 Å². The third-order valence-electron chi connectivity index (χ3n) is 4.11. The molecule has 2 rings (SSSR count). The lowest BCUT2D eigenvalue weighted by molar-refractivity contribution is 0.251. The van der Waals surface area contributed by atoms with Crippen molar-refractivity contribution >= 4 is 0 Å². The largest absolute Gasteiger partial charge is 0.468 e. The average molecular weight is 293 g/mol. The Balaban J connectivity index is 1.72. The summed E-state index contributed by atoms with van der Waals surface area (Å²) in [7, 11) is 2.20. The molecule has 0 unspecified atom stereocenters. The summed E-state index contributed by atoms with van der Waals surface area (Å²) >= 11 is 0. The molecule has 0 radical (unpaired) electrons. The second-order valence-electron chi connectivity index (χ2n) is 6.68. The molecule has 120 valence electrons. The molecule has 0 bridgehead atoms. The van der Waals surface area contributed by atoms with E-state index in [1.807, 2.05) is 6.26 Å². The maximum absolute atomic E-state index is 5.63. The maximum Gasteiger partial charge on any atom is 0.122 e. The summed E-state index contributed by atoms with van der Waals surface area (Å²) in [5.41, 5.74) is 1.31. The van der Waals surface area contributed by atoms with E-state index in [0.29, 0.717) is 5.92 Å². The van der Waals surface area contributed by atoms with Crippen molar-refractivity contribution in [2.24, 2.45) is 5.92 Å². The van der Waals surface area contributed by atoms with Gasteiger partial charge in [0.1, 0.15) is 5.76 Å². The van der Waals surface area contributed by atoms with Crippen LogP contribution in [-0.4, -0.2) is 49.6 Å². The minimum Gasteiger partial charge on any atom is -0.468 e. The molecule has 1 aliphatic heterocycles. The first-order valence-corrected chi connectivity index (χ1v) is 8.32. The average Bonchev–Trinajstić information content (AvgIpc) is 3.08. The number of hydrogen-bond donors (Lipinski definition) is 1. The van der Waals surface area contributed by atoms with Gasteiger partial charge in [-0.15, -0.1) is 0 Å². The predicted octanol–water partition coefficient (Wildman–Crippen LogP) is 2.55. The normalized spacial score (nSPS) is 16.4. The molecule has 1 aromatic rings. The van der Waals surface area contributed by atoms with Crippen molar-refractivity contribution in [2.45, 2.75) is 39.8 Å². The number of hydrogen-bond acceptors (Lipinski definition) is 4. The molecule has 1 N–H and O–H groups in total. The zero-order chi connectivity index (χ0) is 15.1. The molecule has 1 aromatic heterocycles. The second-order valence-corrected chi connectivity index (χ2v) is 6.68. The third-order valence-corrected chi connectivity index (χ3v) is 4.11. The van der Waals surface area contributed by atoms with Gasteiger partial charge in [-0.25, -0.2) is 0 Å². The van der Waals surface area contributed by atoms with E-state index in [2.05, 4.69) is 42.1 Å². The van der Waals surface area contributed by atoms with Gasteiger partial charge in [0.2, 0.25) is 0 Å². The highest BCUT2D eigenvalue weighted by atomic mass is 16.3. The molecular formula is C17H31N3O. The van der Waals surface area contributed by atoms with Gasteiger partial charge in [-0.05, 0) is 51.5 Å². The van der Waals surface area contributed by atoms with Gasteiger partial charge in [-0.2, -0.15) is 0 Å². The van der Waals surface area contributed by atoms with Crippen molar-refractivity contribution in [2.75, 3.05) is 39.8 Å². The topological polar surface area (TPSA) is 31.7 Å². The Morgan fingerprint density at radius 2 is 2.10 bits per heavy atom. The zero-order valence-electron chi connectivity index (χ0n) is 13.9. The standard InChI is InChI=1S/C17H31N3O/c1-15(2)12-18-13-17-16(6-11-21-17)14-19(3)9-10-20-7-4-5-8-20/h6,11,15,18H,4-5,7-10,12-14H2,1-3H3. The van der Waals surface area contributed by atoms with E-state index in [1.54, 1.807) is 0 Å². The highest BCUT2D eigenvalue weighted by Gasteiger charge is 2.13. The zero-order valence-corrected chi connectivity index (χ0v) is 13.9. The fourth-order valence-corrected chi connectivity index (χ4v) is 2.83. The molecule has 1 saturated heterocycles. The van der Waals surface area contributed by atoms with Gasteiger partial charge in [0, 0.05) is 25.2 Å². The van der Waals surface area contributed by atoms with E-state index in [9.17, 15) is 0 Å². The Bertz CT molecular complexity index is 396. The Labute approximate surface area is 129 Å². The third kappa shape index (κ3) is 5.81. The first-order valence-electron chi connectivity index (χ1n) is 8.32. The number of nitrogens with zero attached hydrogens (tertiary/aromatic N) is 2. The molecule has 0 aromatic carbocycles. The van der Waals surface area contributed by atoms with Gasteiger partial charge in [-0.3, -0.25) is 0 Å². The number of rotatable bonds is 9. The smallest absolute Gasteiger partial charge is 0.122 e. The van der Waals surface area contributed by atoms with Crippen molar-refractivity contribution in [1.82, 2.24) is 15.1 Å². The molecule has 0 spiro atoms. The van der Waals surface area contributed by atoms with Gasteiger partial charge in [0.15, 0.2) is 0 Å². The fraction of sp³-hybridized carbons (Fsp3) is 0.765. The van der Waals surface area contributed by atoms with Crippen LogP contribution < -0.4 is 5.32 Å². The summed E-state index contributed by atoms with van der Waals surface area (Å²) in [6.07, 6.45) is 4.56. The molecule has 21 heavy (non-hydrogen) atoms. The van der Waals surface area contributed by atoms with Crippen molar-refractivity contribution in [3.63, 3.8) is 0 Å². The molecule has 0 saturated carbocycles. The maximum atomic E-state index is 5.63. The summed E-state index contributed by atoms with van der Waals surface area (Å²) in [4.78, 5) is 4.96. The molecule has 0 aliphatic carbocycles. The summed E-state index contributed by atoms with van der Waals surface area (Å²) < 4.78 is 5.63. The van der Waals surface area contributed by atoms with Crippen LogP contribution in [0.2, 0.25) is 0 Å². The molecule has 0 amide bonds. The Morgan fingerprint density at radius 3 is 2.81 bits per heavy atom. The quantitative estimate of drug-likeness (QED) is 0.758. The van der Waals surface area contributed by atoms with Crippen LogP contribution in [0.3, 0.4) is 0 Å². The van der Waals surface area contributed by atoms with Crippen molar-refractivity contribution in [3.8, 4) is 0 Å². The fourth-order valence-electron chi connectivity index (χ4n) is 2.83. The van der Waals surface area contributed by atoms with E-state index in [4.69, 9.17) is 4.42 Å². The van der Waals surface area contributed by atoms with Crippen LogP contribution in [0.25, 0.3) is 0 Å². The summed E-state index contributed by atoms with van der Waals surface area (Å²) in [5.74, 6) is 1.76. The highest BCUT2D eigenvalue weighted by molar-refractivity contribution is 5.16. The van der Waals surface area contributed by atoms with E-state index in [0.717, 1.165) is 31.9 Å². The molecule has 0 atom stereocenters. The number of likely N-dealkylation sites (tertiary alicyclic amines) is 1. The molecule has 1 fully saturated rings. The summed E-state index contributed by atoms with van der Waals surface area (Å²) in [5, 5.41) is 3.46. The molecule has 4 nitrogen and oxygen atoms in total. The van der Waals surface area contributed by atoms with Crippen LogP contribution in [-0.2, 0) is 13.1 Å². The van der Waals surface area contributed by atoms with Gasteiger partial charge in [0.05, 0.1) is 12.8 Å². The van der Waals surface area contributed by atoms with E-state index >= 15 is 0 Å². The van der Waals surface area contributed by atoms with Crippen molar-refractivity contribution < 1.29 is 4.42 Å². The second kappa shape index (κ2) is 8.57. The Kier molecular flexibility index (Phi) is 6.74. The Morgan fingerprint density at radius 1 is 1.33 bits per heavy atom. The Hall–Kier alpha value is -0.840. The lowest BCUT2D eigenvalue weighted by Crippen LogP contribution is -2.31. The lowest BCUT2D eigenvalue weighted by Gasteiger charge is -2.21. The van der Waals surface area contributed by atoms with Gasteiger partial charge < -0.3 is 19.5 Å². The molecule has 1 aliphatic rings. The van der Waals surface area contributed by atoms with Crippen LogP contribution in [0.5, 0.6) is 0 Å². The van der Waals surface area contributed by atoms with Gasteiger partial charge >= 0.3 is 0 Å². The van der Waals surface area contributed by atoms with Crippen molar-refractivity contribution in [3.05, 3.63) is 23.7 Å². The SMILES string of the molecule is CC(C)CNCc1occc1CN(C)CCN1CCCC1. The predicted molar refractivity (Wildman–Crippen MR) is 87.3 cm³/mol. The summed E-state index contributed by atoms with van der Waals surface area (Å²) in [6, 6.07) is 2.11. The summed E-state index contributed by atoms with van der Waals surface area (Å²) in [6.45, 7) is 12.2. The van der Waals surface area contributed by atoms with E-state index < -0.39 is 0 Å². The molecular weight excluding hydrogens is 262 g/mol. The van der Waals surface area contributed by atoms with E-state index in [-0.39, 0.29) is 0 Å². The highest BCUT2D eigenvalue weighted by Crippen LogP contribution is 2.13. The number of nitrogens with one attached hydrogen (secondary N) is 1. The van der Waals surface area contributed by atoms with Gasteiger partial charge in [-0.1, -0.05) is 13.8 Å². The lowest BCUT2D eigenvalue weighted by atomic mass is 10.2. The van der Waals surface area contributed by atoms with Crippen LogP contribution >= 0.6 is 0 Å². The first-order chi connectivity index (χ1) is 10.1. The minimum atomic E-state index is 0.673. The van der Waals surface area contributed by atoms with Crippen molar-refractivity contribution in [1.29, 1.82) is 0 Å². The van der Waals surface area contributed by atoms with Crippen LogP contribution in [0, 0.1) is 5.92 Å². The molecule has 4 heteroatoms. The molecule has 2 heterocycles. The van der Waals surface area contributed by atoms with Crippen LogP contribution in [0.1, 0.15) is 38.0 Å². The van der Waals surface area contributed by atoms with Gasteiger partial charge in [0.25, 0.3) is 0 Å². The first kappa shape index (κ1) is 16.5. The number of likely N-dealkylation sites (N-methyl/N-ethyl adjacent to an activating group) is 1. The van der Waals surface area contributed by atoms with Crippen LogP contribution in [0.4, 0.5) is 0 Å². The minimum absolute atomic E-state index is 0.673. The monoisotopic (exact) mass is 293 g/mol. The van der Waals surface area contributed by atoms with Crippen LogP contribution in [0.15, 0.2) is 16.7 Å². The number of furan rings is 1.